The van der Waals surface area contributed by atoms with Crippen LogP contribution < -0.4 is 10.6 Å². The van der Waals surface area contributed by atoms with E-state index in [0.29, 0.717) is 23.9 Å². The van der Waals surface area contributed by atoms with E-state index in [4.69, 9.17) is 4.52 Å². The van der Waals surface area contributed by atoms with Crippen molar-refractivity contribution in [3.05, 3.63) is 36.3 Å². The molecule has 6 heteroatoms. The highest BCUT2D eigenvalue weighted by Gasteiger charge is 2.15. The lowest BCUT2D eigenvalue weighted by atomic mass is 9.96. The van der Waals surface area contributed by atoms with Gasteiger partial charge in [-0.2, -0.15) is 0 Å². The second kappa shape index (κ2) is 7.17. The zero-order valence-corrected chi connectivity index (χ0v) is 12.4. The molecule has 1 fully saturated rings. The highest BCUT2D eigenvalue weighted by Crippen LogP contribution is 2.19. The fourth-order valence-electron chi connectivity index (χ4n) is 2.69. The number of aromatic nitrogens is 2. The summed E-state index contributed by atoms with van der Waals surface area (Å²) in [5.41, 5.74) is 1.17. The van der Waals surface area contributed by atoms with Crippen molar-refractivity contribution < 1.29 is 9.32 Å². The van der Waals surface area contributed by atoms with Crippen LogP contribution in [0.5, 0.6) is 0 Å². The summed E-state index contributed by atoms with van der Waals surface area (Å²) in [4.78, 5) is 16.0. The maximum atomic E-state index is 12.1. The van der Waals surface area contributed by atoms with Crippen molar-refractivity contribution in [3.8, 4) is 11.3 Å². The van der Waals surface area contributed by atoms with Crippen molar-refractivity contribution in [2.45, 2.75) is 19.3 Å². The molecule has 3 heterocycles. The number of hydrogen-bond acceptors (Lipinski definition) is 5. The van der Waals surface area contributed by atoms with Crippen molar-refractivity contribution in [2.24, 2.45) is 5.92 Å². The lowest BCUT2D eigenvalue weighted by molar-refractivity contribution is 0.0941. The summed E-state index contributed by atoms with van der Waals surface area (Å²) in [5.74, 6) is 1.04. The summed E-state index contributed by atoms with van der Waals surface area (Å²) in [6, 6.07) is 5.30. The fraction of sp³-hybridized carbons (Fsp3) is 0.438. The predicted octanol–water partition coefficient (Wildman–Crippen LogP) is 1.86. The van der Waals surface area contributed by atoms with Crippen LogP contribution in [0.1, 0.15) is 29.8 Å². The van der Waals surface area contributed by atoms with E-state index >= 15 is 0 Å². The first-order valence-electron chi connectivity index (χ1n) is 7.69. The van der Waals surface area contributed by atoms with Crippen LogP contribution in [0.25, 0.3) is 11.3 Å². The zero-order valence-electron chi connectivity index (χ0n) is 12.4. The molecule has 0 radical (unpaired) electrons. The van der Waals surface area contributed by atoms with Gasteiger partial charge >= 0.3 is 0 Å². The number of rotatable bonds is 5. The van der Waals surface area contributed by atoms with Crippen LogP contribution in [0.2, 0.25) is 0 Å². The largest absolute Gasteiger partial charge is 0.355 e. The van der Waals surface area contributed by atoms with Gasteiger partial charge in [0.25, 0.3) is 5.91 Å². The van der Waals surface area contributed by atoms with Gasteiger partial charge in [0, 0.05) is 30.6 Å². The predicted molar refractivity (Wildman–Crippen MR) is 82.3 cm³/mol. The number of hydrogen-bond donors (Lipinski definition) is 2. The van der Waals surface area contributed by atoms with E-state index < -0.39 is 0 Å². The lowest BCUT2D eigenvalue weighted by Gasteiger charge is -2.22. The van der Waals surface area contributed by atoms with Gasteiger partial charge in [-0.05, 0) is 50.4 Å². The maximum absolute atomic E-state index is 12.1. The number of carbonyl (C=O) groups is 1. The highest BCUT2D eigenvalue weighted by atomic mass is 16.5. The SMILES string of the molecule is O=C(NCCC1CCCNC1)c1cc(-c2ccncc2)on1. The first kappa shape index (κ1) is 14.7. The van der Waals surface area contributed by atoms with Gasteiger partial charge in [-0.15, -0.1) is 0 Å². The van der Waals surface area contributed by atoms with Gasteiger partial charge in [0.1, 0.15) is 0 Å². The molecule has 3 rings (SSSR count). The minimum atomic E-state index is -0.187. The Bertz CT molecular complexity index is 606. The van der Waals surface area contributed by atoms with Crippen LogP contribution in [-0.4, -0.2) is 35.7 Å². The molecule has 2 aromatic rings. The Hall–Kier alpha value is -2.21. The highest BCUT2D eigenvalue weighted by molar-refractivity contribution is 5.93. The molecule has 0 saturated carbocycles. The van der Waals surface area contributed by atoms with E-state index in [1.807, 2.05) is 12.1 Å². The first-order chi connectivity index (χ1) is 10.8. The summed E-state index contributed by atoms with van der Waals surface area (Å²) in [6.07, 6.45) is 6.80. The molecule has 1 saturated heterocycles. The quantitative estimate of drug-likeness (QED) is 0.881. The summed E-state index contributed by atoms with van der Waals surface area (Å²) in [5, 5.41) is 10.1. The molecular formula is C16H20N4O2. The second-order valence-electron chi connectivity index (χ2n) is 5.57. The third kappa shape index (κ3) is 3.71. The number of nitrogens with zero attached hydrogens (tertiary/aromatic N) is 2. The molecule has 0 aliphatic carbocycles. The lowest BCUT2D eigenvalue weighted by Crippen LogP contribution is -2.33. The molecule has 2 aromatic heterocycles. The van der Waals surface area contributed by atoms with E-state index in [0.717, 1.165) is 25.1 Å². The molecule has 1 unspecified atom stereocenters. The maximum Gasteiger partial charge on any atom is 0.273 e. The summed E-state index contributed by atoms with van der Waals surface area (Å²) in [6.45, 7) is 2.83. The average Bonchev–Trinajstić information content (AvgIpc) is 3.07. The molecular weight excluding hydrogens is 280 g/mol. The van der Waals surface area contributed by atoms with Crippen molar-refractivity contribution in [2.75, 3.05) is 19.6 Å². The molecule has 1 aliphatic heterocycles. The Kier molecular flexibility index (Phi) is 4.80. The molecule has 116 valence electrons. The topological polar surface area (TPSA) is 80.0 Å². The number of nitrogens with one attached hydrogen (secondary N) is 2. The normalized spacial score (nSPS) is 18.1. The van der Waals surface area contributed by atoms with Gasteiger partial charge in [-0.1, -0.05) is 5.16 Å². The van der Waals surface area contributed by atoms with E-state index in [2.05, 4.69) is 20.8 Å². The van der Waals surface area contributed by atoms with Crippen LogP contribution in [0, 0.1) is 5.92 Å². The van der Waals surface area contributed by atoms with Crippen LogP contribution in [-0.2, 0) is 0 Å². The van der Waals surface area contributed by atoms with Gasteiger partial charge in [0.05, 0.1) is 0 Å². The Labute approximate surface area is 129 Å². The van der Waals surface area contributed by atoms with E-state index in [1.54, 1.807) is 18.5 Å². The van der Waals surface area contributed by atoms with E-state index in [-0.39, 0.29) is 5.91 Å². The summed E-state index contributed by atoms with van der Waals surface area (Å²) < 4.78 is 5.22. The van der Waals surface area contributed by atoms with E-state index in [9.17, 15) is 4.79 Å². The molecule has 6 nitrogen and oxygen atoms in total. The van der Waals surface area contributed by atoms with Crippen LogP contribution in [0.15, 0.2) is 35.1 Å². The van der Waals surface area contributed by atoms with Crippen molar-refractivity contribution in [1.29, 1.82) is 0 Å². The Balaban J connectivity index is 1.51. The van der Waals surface area contributed by atoms with Gasteiger partial charge in [-0.3, -0.25) is 9.78 Å². The standard InChI is InChI=1S/C16H20N4O2/c21-16(19-9-3-12-2-1-6-18-11-12)14-10-15(22-20-14)13-4-7-17-8-5-13/h4-5,7-8,10,12,18H,1-3,6,9,11H2,(H,19,21). The van der Waals surface area contributed by atoms with Crippen LogP contribution >= 0.6 is 0 Å². The van der Waals surface area contributed by atoms with Crippen molar-refractivity contribution >= 4 is 5.91 Å². The van der Waals surface area contributed by atoms with Gasteiger partial charge < -0.3 is 15.2 Å². The second-order valence-corrected chi connectivity index (χ2v) is 5.57. The summed E-state index contributed by atoms with van der Waals surface area (Å²) >= 11 is 0. The minimum absolute atomic E-state index is 0.187. The number of amides is 1. The molecule has 0 bridgehead atoms. The van der Waals surface area contributed by atoms with Gasteiger partial charge in [0.15, 0.2) is 11.5 Å². The minimum Gasteiger partial charge on any atom is -0.355 e. The number of carbonyl (C=O) groups excluding carboxylic acids is 1. The van der Waals surface area contributed by atoms with Crippen molar-refractivity contribution in [1.82, 2.24) is 20.8 Å². The fourth-order valence-corrected chi connectivity index (χ4v) is 2.69. The van der Waals surface area contributed by atoms with E-state index in [1.165, 1.54) is 12.8 Å². The van der Waals surface area contributed by atoms with Crippen molar-refractivity contribution in [3.63, 3.8) is 0 Å². The molecule has 1 amide bonds. The Morgan fingerprint density at radius 3 is 3.05 bits per heavy atom. The molecule has 22 heavy (non-hydrogen) atoms. The number of piperidine rings is 1. The zero-order chi connectivity index (χ0) is 15.2. The Morgan fingerprint density at radius 2 is 2.27 bits per heavy atom. The smallest absolute Gasteiger partial charge is 0.273 e. The molecule has 2 N–H and O–H groups in total. The van der Waals surface area contributed by atoms with Crippen LogP contribution in [0.4, 0.5) is 0 Å². The van der Waals surface area contributed by atoms with Crippen LogP contribution in [0.3, 0.4) is 0 Å². The monoisotopic (exact) mass is 300 g/mol. The molecule has 1 atom stereocenters. The number of pyridine rings is 1. The van der Waals surface area contributed by atoms with Gasteiger partial charge in [-0.25, -0.2) is 0 Å². The molecule has 1 aliphatic rings. The summed E-state index contributed by atoms with van der Waals surface area (Å²) in [7, 11) is 0. The third-order valence-electron chi connectivity index (χ3n) is 3.94. The first-order valence-corrected chi connectivity index (χ1v) is 7.69. The Morgan fingerprint density at radius 1 is 1.41 bits per heavy atom. The average molecular weight is 300 g/mol. The van der Waals surface area contributed by atoms with Gasteiger partial charge in [0.2, 0.25) is 0 Å². The third-order valence-corrected chi connectivity index (χ3v) is 3.94. The molecule has 0 aromatic carbocycles. The molecule has 0 spiro atoms.